The lowest BCUT2D eigenvalue weighted by Gasteiger charge is -2.28. The van der Waals surface area contributed by atoms with Gasteiger partial charge in [0.25, 0.3) is 0 Å². The summed E-state index contributed by atoms with van der Waals surface area (Å²) in [5.41, 5.74) is -0.210. The van der Waals surface area contributed by atoms with Gasteiger partial charge in [0.15, 0.2) is 5.96 Å². The maximum Gasteiger partial charge on any atom is 0.242 e. The number of amides is 1. The number of guanidine groups is 1. The molecule has 1 saturated carbocycles. The van der Waals surface area contributed by atoms with Gasteiger partial charge in [0, 0.05) is 18.1 Å². The summed E-state index contributed by atoms with van der Waals surface area (Å²) >= 11 is 0. The van der Waals surface area contributed by atoms with Gasteiger partial charge >= 0.3 is 0 Å². The number of halogens is 1. The van der Waals surface area contributed by atoms with Gasteiger partial charge in [0.2, 0.25) is 5.91 Å². The van der Waals surface area contributed by atoms with Crippen molar-refractivity contribution in [3.63, 3.8) is 0 Å². The van der Waals surface area contributed by atoms with Crippen LogP contribution in [0.3, 0.4) is 0 Å². The molecule has 0 aromatic heterocycles. The fourth-order valence-electron chi connectivity index (χ4n) is 2.53. The lowest BCUT2D eigenvalue weighted by Crippen LogP contribution is -2.46. The van der Waals surface area contributed by atoms with E-state index in [2.05, 4.69) is 27.9 Å². The molecule has 0 aliphatic heterocycles. The normalized spacial score (nSPS) is 22.5. The Morgan fingerprint density at radius 2 is 1.77 bits per heavy atom. The third-order valence-electron chi connectivity index (χ3n) is 3.60. The van der Waals surface area contributed by atoms with E-state index in [1.807, 2.05) is 27.7 Å². The van der Waals surface area contributed by atoms with Crippen LogP contribution in [0.15, 0.2) is 4.99 Å². The highest BCUT2D eigenvalue weighted by Gasteiger charge is 2.19. The predicted octanol–water partition coefficient (Wildman–Crippen LogP) is 2.65. The average molecular weight is 424 g/mol. The first-order chi connectivity index (χ1) is 9.80. The number of carbonyl (C=O) groups is 1. The lowest BCUT2D eigenvalue weighted by atomic mass is 9.87. The molecule has 0 bridgehead atoms. The van der Waals surface area contributed by atoms with Gasteiger partial charge in [-0.1, -0.05) is 6.92 Å². The molecule has 1 aliphatic carbocycles. The fourth-order valence-corrected chi connectivity index (χ4v) is 2.53. The van der Waals surface area contributed by atoms with Crippen molar-refractivity contribution in [2.24, 2.45) is 10.9 Å². The number of carbonyl (C=O) groups excluding carboxylic acids is 1. The molecule has 0 spiro atoms. The summed E-state index contributed by atoms with van der Waals surface area (Å²) in [4.78, 5) is 16.2. The zero-order chi connectivity index (χ0) is 15.9. The molecular formula is C16H33IN4O. The smallest absolute Gasteiger partial charge is 0.242 e. The molecule has 3 N–H and O–H groups in total. The summed E-state index contributed by atoms with van der Waals surface area (Å²) in [7, 11) is 0. The fraction of sp³-hybridized carbons (Fsp3) is 0.875. The second-order valence-corrected chi connectivity index (χ2v) is 7.09. The largest absolute Gasteiger partial charge is 0.357 e. The number of hydrogen-bond acceptors (Lipinski definition) is 2. The summed E-state index contributed by atoms with van der Waals surface area (Å²) in [6.07, 6.45) is 4.89. The average Bonchev–Trinajstić information content (AvgIpc) is 2.37. The molecule has 0 atom stereocenters. The van der Waals surface area contributed by atoms with Crippen molar-refractivity contribution in [2.75, 3.05) is 13.1 Å². The second-order valence-electron chi connectivity index (χ2n) is 7.09. The Kier molecular flexibility index (Phi) is 10.0. The SMILES string of the molecule is CCNC(=NCC(=O)NC(C)(C)C)NC1CCC(C)CC1.I. The van der Waals surface area contributed by atoms with Crippen LogP contribution in [0.4, 0.5) is 0 Å². The van der Waals surface area contributed by atoms with Crippen molar-refractivity contribution in [2.45, 2.75) is 71.9 Å². The molecule has 5 nitrogen and oxygen atoms in total. The molecular weight excluding hydrogens is 391 g/mol. The molecule has 130 valence electrons. The highest BCUT2D eigenvalue weighted by molar-refractivity contribution is 14.0. The maximum atomic E-state index is 11.8. The molecule has 0 unspecified atom stereocenters. The molecule has 1 rings (SSSR count). The van der Waals surface area contributed by atoms with Gasteiger partial charge in [-0.2, -0.15) is 0 Å². The minimum absolute atomic E-state index is 0. The maximum absolute atomic E-state index is 11.8. The number of aliphatic imine (C=N–C) groups is 1. The van der Waals surface area contributed by atoms with E-state index in [1.54, 1.807) is 0 Å². The highest BCUT2D eigenvalue weighted by Crippen LogP contribution is 2.23. The summed E-state index contributed by atoms with van der Waals surface area (Å²) in [6, 6.07) is 0.477. The van der Waals surface area contributed by atoms with E-state index in [0.29, 0.717) is 6.04 Å². The van der Waals surface area contributed by atoms with E-state index in [1.165, 1.54) is 25.7 Å². The van der Waals surface area contributed by atoms with Crippen LogP contribution >= 0.6 is 24.0 Å². The summed E-state index contributed by atoms with van der Waals surface area (Å²) < 4.78 is 0. The topological polar surface area (TPSA) is 65.5 Å². The van der Waals surface area contributed by atoms with E-state index in [-0.39, 0.29) is 42.0 Å². The Morgan fingerprint density at radius 1 is 1.18 bits per heavy atom. The van der Waals surface area contributed by atoms with Gasteiger partial charge in [0.1, 0.15) is 6.54 Å². The summed E-state index contributed by atoms with van der Waals surface area (Å²) in [5.74, 6) is 1.54. The summed E-state index contributed by atoms with van der Waals surface area (Å²) in [6.45, 7) is 11.2. The Bertz CT molecular complexity index is 358. The second kappa shape index (κ2) is 10.3. The number of hydrogen-bond donors (Lipinski definition) is 3. The number of rotatable bonds is 4. The molecule has 0 aromatic rings. The molecule has 6 heteroatoms. The zero-order valence-corrected chi connectivity index (χ0v) is 17.0. The molecule has 1 aliphatic rings. The molecule has 0 aromatic carbocycles. The van der Waals surface area contributed by atoms with E-state index in [9.17, 15) is 4.79 Å². The summed E-state index contributed by atoms with van der Waals surface area (Å²) in [5, 5.41) is 9.60. The van der Waals surface area contributed by atoms with Crippen LogP contribution in [-0.2, 0) is 4.79 Å². The van der Waals surface area contributed by atoms with Crippen molar-refractivity contribution in [1.29, 1.82) is 0 Å². The van der Waals surface area contributed by atoms with Gasteiger partial charge in [-0.05, 0) is 59.3 Å². The molecule has 0 radical (unpaired) electrons. The highest BCUT2D eigenvalue weighted by atomic mass is 127. The predicted molar refractivity (Wildman–Crippen MR) is 104 cm³/mol. The Morgan fingerprint density at radius 3 is 2.27 bits per heavy atom. The van der Waals surface area contributed by atoms with Crippen LogP contribution in [0.2, 0.25) is 0 Å². The third-order valence-corrected chi connectivity index (χ3v) is 3.60. The van der Waals surface area contributed by atoms with Gasteiger partial charge in [-0.25, -0.2) is 4.99 Å². The van der Waals surface area contributed by atoms with Gasteiger partial charge in [-0.3, -0.25) is 4.79 Å². The minimum atomic E-state index is -0.210. The third kappa shape index (κ3) is 9.48. The molecule has 0 heterocycles. The minimum Gasteiger partial charge on any atom is -0.357 e. The van der Waals surface area contributed by atoms with Crippen LogP contribution in [0.1, 0.15) is 60.3 Å². The van der Waals surface area contributed by atoms with Crippen LogP contribution in [0.25, 0.3) is 0 Å². The van der Waals surface area contributed by atoms with Gasteiger partial charge in [0.05, 0.1) is 0 Å². The molecule has 0 saturated heterocycles. The standard InChI is InChI=1S/C16H32N4O.HI/c1-6-17-15(18-11-14(21)20-16(3,4)5)19-13-9-7-12(2)8-10-13;/h12-13H,6-11H2,1-5H3,(H,20,21)(H2,17,18,19);1H. The monoisotopic (exact) mass is 424 g/mol. The van der Waals surface area contributed by atoms with E-state index in [0.717, 1.165) is 18.4 Å². The lowest BCUT2D eigenvalue weighted by molar-refractivity contribution is -0.121. The van der Waals surface area contributed by atoms with Crippen molar-refractivity contribution >= 4 is 35.8 Å². The first-order valence-corrected chi connectivity index (χ1v) is 8.16. The first-order valence-electron chi connectivity index (χ1n) is 8.16. The van der Waals surface area contributed by atoms with Gasteiger partial charge in [-0.15, -0.1) is 24.0 Å². The zero-order valence-electron chi connectivity index (χ0n) is 14.7. The van der Waals surface area contributed by atoms with Crippen molar-refractivity contribution in [3.05, 3.63) is 0 Å². The number of nitrogens with one attached hydrogen (secondary N) is 3. The van der Waals surface area contributed by atoms with Crippen LogP contribution in [0.5, 0.6) is 0 Å². The van der Waals surface area contributed by atoms with Gasteiger partial charge < -0.3 is 16.0 Å². The molecule has 22 heavy (non-hydrogen) atoms. The Balaban J connectivity index is 0.00000441. The molecule has 1 amide bonds. The Labute approximate surface area is 152 Å². The van der Waals surface area contributed by atoms with E-state index >= 15 is 0 Å². The van der Waals surface area contributed by atoms with Crippen molar-refractivity contribution in [1.82, 2.24) is 16.0 Å². The van der Waals surface area contributed by atoms with Crippen LogP contribution in [0, 0.1) is 5.92 Å². The van der Waals surface area contributed by atoms with Crippen molar-refractivity contribution in [3.8, 4) is 0 Å². The Hall–Kier alpha value is -0.530. The van der Waals surface area contributed by atoms with E-state index in [4.69, 9.17) is 0 Å². The van der Waals surface area contributed by atoms with Crippen LogP contribution < -0.4 is 16.0 Å². The molecule has 1 fully saturated rings. The van der Waals surface area contributed by atoms with Crippen LogP contribution in [-0.4, -0.2) is 36.5 Å². The quantitative estimate of drug-likeness (QED) is 0.369. The first kappa shape index (κ1) is 21.5. The van der Waals surface area contributed by atoms with Crippen molar-refractivity contribution < 1.29 is 4.79 Å². The van der Waals surface area contributed by atoms with E-state index < -0.39 is 0 Å². The number of nitrogens with zero attached hydrogens (tertiary/aromatic N) is 1.